The molecule has 0 saturated heterocycles. The van der Waals surface area contributed by atoms with Crippen LogP contribution in [0.15, 0.2) is 30.3 Å². The molecular formula is C14H23NO. The lowest BCUT2D eigenvalue weighted by Gasteiger charge is -2.33. The van der Waals surface area contributed by atoms with E-state index >= 15 is 0 Å². The number of nitrogens with one attached hydrogen (secondary N) is 1. The van der Waals surface area contributed by atoms with E-state index in [4.69, 9.17) is 4.74 Å². The highest BCUT2D eigenvalue weighted by Crippen LogP contribution is 2.18. The number of hydrogen-bond acceptors (Lipinski definition) is 2. The summed E-state index contributed by atoms with van der Waals surface area (Å²) in [4.78, 5) is 0. The molecule has 0 saturated carbocycles. The first-order valence-corrected chi connectivity index (χ1v) is 5.86. The molecule has 1 atom stereocenters. The van der Waals surface area contributed by atoms with Gasteiger partial charge >= 0.3 is 0 Å². The second-order valence-corrected chi connectivity index (χ2v) is 4.67. The highest BCUT2D eigenvalue weighted by atomic mass is 16.5. The van der Waals surface area contributed by atoms with Gasteiger partial charge in [0.2, 0.25) is 0 Å². The number of aryl methyl sites for hydroxylation is 1. The number of benzene rings is 1. The third kappa shape index (κ3) is 3.62. The highest BCUT2D eigenvalue weighted by molar-refractivity contribution is 5.15. The first kappa shape index (κ1) is 13.2. The van der Waals surface area contributed by atoms with Gasteiger partial charge in [-0.25, -0.2) is 0 Å². The average molecular weight is 221 g/mol. The van der Waals surface area contributed by atoms with Crippen LogP contribution in [0.1, 0.15) is 25.8 Å². The fourth-order valence-corrected chi connectivity index (χ4v) is 1.94. The fraction of sp³-hybridized carbons (Fsp3) is 0.571. The van der Waals surface area contributed by atoms with Crippen molar-refractivity contribution in [2.24, 2.45) is 0 Å². The molecule has 16 heavy (non-hydrogen) atoms. The summed E-state index contributed by atoms with van der Waals surface area (Å²) < 4.78 is 5.52. The molecule has 1 rings (SSSR count). The topological polar surface area (TPSA) is 21.3 Å². The van der Waals surface area contributed by atoms with Crippen molar-refractivity contribution in [2.45, 2.75) is 38.3 Å². The first-order valence-electron chi connectivity index (χ1n) is 5.86. The number of hydrogen-bond donors (Lipinski definition) is 1. The third-order valence-electron chi connectivity index (χ3n) is 3.28. The van der Waals surface area contributed by atoms with Crippen molar-refractivity contribution in [3.8, 4) is 0 Å². The van der Waals surface area contributed by atoms with Gasteiger partial charge in [-0.2, -0.15) is 0 Å². The normalized spacial score (nSPS) is 13.8. The van der Waals surface area contributed by atoms with Gasteiger partial charge in [0, 0.05) is 13.2 Å². The maximum absolute atomic E-state index is 5.52. The molecule has 0 aliphatic carbocycles. The molecule has 0 amide bonds. The Morgan fingerprint density at radius 3 is 2.38 bits per heavy atom. The summed E-state index contributed by atoms with van der Waals surface area (Å²) in [5.74, 6) is 0. The maximum atomic E-state index is 5.52. The summed E-state index contributed by atoms with van der Waals surface area (Å²) >= 11 is 0. The van der Waals surface area contributed by atoms with Gasteiger partial charge in [-0.3, -0.25) is 0 Å². The summed E-state index contributed by atoms with van der Waals surface area (Å²) in [7, 11) is 3.77. The summed E-state index contributed by atoms with van der Waals surface area (Å²) in [6.45, 7) is 4.25. The Morgan fingerprint density at radius 1 is 1.25 bits per heavy atom. The van der Waals surface area contributed by atoms with Gasteiger partial charge < -0.3 is 10.1 Å². The molecule has 1 aromatic carbocycles. The van der Waals surface area contributed by atoms with E-state index in [0.29, 0.717) is 6.04 Å². The SMILES string of the molecule is CNC(CCc1ccccc1)C(C)(C)OC. The van der Waals surface area contributed by atoms with Crippen molar-refractivity contribution in [2.75, 3.05) is 14.2 Å². The van der Waals surface area contributed by atoms with Crippen molar-refractivity contribution in [1.29, 1.82) is 0 Å². The predicted molar refractivity (Wildman–Crippen MR) is 68.7 cm³/mol. The zero-order valence-electron chi connectivity index (χ0n) is 10.8. The lowest BCUT2D eigenvalue weighted by Crippen LogP contribution is -2.46. The second-order valence-electron chi connectivity index (χ2n) is 4.67. The van der Waals surface area contributed by atoms with Crippen molar-refractivity contribution in [3.05, 3.63) is 35.9 Å². The Morgan fingerprint density at radius 2 is 1.88 bits per heavy atom. The molecular weight excluding hydrogens is 198 g/mol. The van der Waals surface area contributed by atoms with Crippen LogP contribution in [0.3, 0.4) is 0 Å². The zero-order valence-corrected chi connectivity index (χ0v) is 10.8. The van der Waals surface area contributed by atoms with E-state index in [9.17, 15) is 0 Å². The minimum atomic E-state index is -0.121. The van der Waals surface area contributed by atoms with Crippen LogP contribution >= 0.6 is 0 Å². The number of likely N-dealkylation sites (N-methyl/N-ethyl adjacent to an activating group) is 1. The summed E-state index contributed by atoms with van der Waals surface area (Å²) in [5.41, 5.74) is 1.26. The lowest BCUT2D eigenvalue weighted by atomic mass is 9.92. The maximum Gasteiger partial charge on any atom is 0.0775 e. The fourth-order valence-electron chi connectivity index (χ4n) is 1.94. The summed E-state index contributed by atoms with van der Waals surface area (Å²) in [6.07, 6.45) is 2.17. The molecule has 0 aliphatic rings. The predicted octanol–water partition coefficient (Wildman–Crippen LogP) is 2.63. The molecule has 1 aromatic rings. The number of rotatable bonds is 6. The molecule has 0 aromatic heterocycles. The van der Waals surface area contributed by atoms with Crippen LogP contribution in [0.2, 0.25) is 0 Å². The van der Waals surface area contributed by atoms with Gasteiger partial charge in [0.05, 0.1) is 5.60 Å². The van der Waals surface area contributed by atoms with Gasteiger partial charge in [-0.05, 0) is 39.3 Å². The molecule has 2 nitrogen and oxygen atoms in total. The lowest BCUT2D eigenvalue weighted by molar-refractivity contribution is -0.0103. The van der Waals surface area contributed by atoms with Crippen LogP contribution in [0.5, 0.6) is 0 Å². The first-order chi connectivity index (χ1) is 7.60. The molecule has 0 heterocycles. The van der Waals surface area contributed by atoms with Crippen LogP contribution in [0.25, 0.3) is 0 Å². The number of methoxy groups -OCH3 is 1. The van der Waals surface area contributed by atoms with E-state index < -0.39 is 0 Å². The van der Waals surface area contributed by atoms with Gasteiger partial charge in [0.1, 0.15) is 0 Å². The monoisotopic (exact) mass is 221 g/mol. The summed E-state index contributed by atoms with van der Waals surface area (Å²) in [5, 5.41) is 3.34. The van der Waals surface area contributed by atoms with Crippen molar-refractivity contribution in [1.82, 2.24) is 5.32 Å². The van der Waals surface area contributed by atoms with Crippen LogP contribution < -0.4 is 5.32 Å². The van der Waals surface area contributed by atoms with Gasteiger partial charge in [-0.15, -0.1) is 0 Å². The highest BCUT2D eigenvalue weighted by Gasteiger charge is 2.27. The molecule has 90 valence electrons. The third-order valence-corrected chi connectivity index (χ3v) is 3.28. The zero-order chi connectivity index (χ0) is 12.0. The molecule has 1 unspecified atom stereocenters. The van der Waals surface area contributed by atoms with E-state index in [1.54, 1.807) is 7.11 Å². The van der Waals surface area contributed by atoms with Crippen LogP contribution in [-0.4, -0.2) is 25.8 Å². The van der Waals surface area contributed by atoms with Crippen molar-refractivity contribution >= 4 is 0 Å². The minimum Gasteiger partial charge on any atom is -0.377 e. The van der Waals surface area contributed by atoms with E-state index in [-0.39, 0.29) is 5.60 Å². The van der Waals surface area contributed by atoms with E-state index in [0.717, 1.165) is 12.8 Å². The van der Waals surface area contributed by atoms with Gasteiger partial charge in [0.25, 0.3) is 0 Å². The Kier molecular flexibility index (Phi) is 4.97. The molecule has 0 radical (unpaired) electrons. The molecule has 0 spiro atoms. The molecule has 0 fully saturated rings. The largest absolute Gasteiger partial charge is 0.377 e. The van der Waals surface area contributed by atoms with Crippen LogP contribution in [-0.2, 0) is 11.2 Å². The minimum absolute atomic E-state index is 0.121. The average Bonchev–Trinajstić information content (AvgIpc) is 2.31. The van der Waals surface area contributed by atoms with Gasteiger partial charge in [-0.1, -0.05) is 30.3 Å². The van der Waals surface area contributed by atoms with Crippen LogP contribution in [0.4, 0.5) is 0 Å². The Balaban J connectivity index is 2.53. The molecule has 2 heteroatoms. The Hall–Kier alpha value is -0.860. The number of ether oxygens (including phenoxy) is 1. The molecule has 0 aliphatic heterocycles. The Bertz CT molecular complexity index is 295. The van der Waals surface area contributed by atoms with Gasteiger partial charge in [0.15, 0.2) is 0 Å². The molecule has 1 N–H and O–H groups in total. The summed E-state index contributed by atoms with van der Waals surface area (Å²) in [6, 6.07) is 10.9. The smallest absolute Gasteiger partial charge is 0.0775 e. The second kappa shape index (κ2) is 6.02. The Labute approximate surface area is 99.0 Å². The quantitative estimate of drug-likeness (QED) is 0.797. The van der Waals surface area contributed by atoms with E-state index in [1.807, 2.05) is 7.05 Å². The molecule has 0 bridgehead atoms. The van der Waals surface area contributed by atoms with Crippen molar-refractivity contribution < 1.29 is 4.74 Å². The van der Waals surface area contributed by atoms with E-state index in [1.165, 1.54) is 5.56 Å². The van der Waals surface area contributed by atoms with E-state index in [2.05, 4.69) is 49.5 Å². The van der Waals surface area contributed by atoms with Crippen molar-refractivity contribution in [3.63, 3.8) is 0 Å². The standard InChI is InChI=1S/C14H23NO/c1-14(2,16-4)13(15-3)11-10-12-8-6-5-7-9-12/h5-9,13,15H,10-11H2,1-4H3. The van der Waals surface area contributed by atoms with Crippen LogP contribution in [0, 0.1) is 0 Å².